The first-order valence-electron chi connectivity index (χ1n) is 9.50. The highest BCUT2D eigenvalue weighted by molar-refractivity contribution is 5.91. The first kappa shape index (κ1) is 21.7. The van der Waals surface area contributed by atoms with Gasteiger partial charge in [-0.25, -0.2) is 0 Å². The molecule has 2 aromatic rings. The van der Waals surface area contributed by atoms with Crippen LogP contribution in [0.4, 0.5) is 13.2 Å². The molecule has 0 aliphatic carbocycles. The van der Waals surface area contributed by atoms with Crippen LogP contribution in [0, 0.1) is 0 Å². The standard InChI is InChI=1S/C22H23F3N2O3/c1-29-19-7-4-18(5-8-19)16-26-12-14-27(15-13-26)21(28)11-6-17-2-9-20(10-3-17)30-22(23,24)25/h2-11H,12-16H2,1H3/b11-6+. The van der Waals surface area contributed by atoms with Gasteiger partial charge in [-0.1, -0.05) is 24.3 Å². The maximum atomic E-state index is 12.4. The number of nitrogens with zero attached hydrogens (tertiary/aromatic N) is 2. The van der Waals surface area contributed by atoms with Crippen LogP contribution < -0.4 is 9.47 Å². The quantitative estimate of drug-likeness (QED) is 0.664. The third-order valence-corrected chi connectivity index (χ3v) is 4.78. The largest absolute Gasteiger partial charge is 0.573 e. The van der Waals surface area contributed by atoms with E-state index in [1.165, 1.54) is 35.9 Å². The first-order chi connectivity index (χ1) is 14.3. The van der Waals surface area contributed by atoms with Gasteiger partial charge in [0.05, 0.1) is 7.11 Å². The molecule has 1 saturated heterocycles. The molecule has 0 unspecified atom stereocenters. The predicted octanol–water partition coefficient (Wildman–Crippen LogP) is 3.95. The highest BCUT2D eigenvalue weighted by Crippen LogP contribution is 2.23. The lowest BCUT2D eigenvalue weighted by Gasteiger charge is -2.34. The molecule has 1 fully saturated rings. The molecule has 1 aliphatic rings. The molecule has 0 radical (unpaired) electrons. The van der Waals surface area contributed by atoms with Gasteiger partial charge in [0, 0.05) is 38.8 Å². The van der Waals surface area contributed by atoms with E-state index in [1.54, 1.807) is 18.1 Å². The fraction of sp³-hybridized carbons (Fsp3) is 0.318. The van der Waals surface area contributed by atoms with Crippen LogP contribution in [0.25, 0.3) is 6.08 Å². The third-order valence-electron chi connectivity index (χ3n) is 4.78. The molecular weight excluding hydrogens is 397 g/mol. The molecule has 5 nitrogen and oxygen atoms in total. The summed E-state index contributed by atoms with van der Waals surface area (Å²) in [7, 11) is 1.64. The van der Waals surface area contributed by atoms with E-state index in [4.69, 9.17) is 4.74 Å². The normalized spacial score (nSPS) is 15.4. The summed E-state index contributed by atoms with van der Waals surface area (Å²) in [5, 5.41) is 0. The van der Waals surface area contributed by atoms with Gasteiger partial charge in [0.25, 0.3) is 0 Å². The van der Waals surface area contributed by atoms with Crippen molar-refractivity contribution >= 4 is 12.0 Å². The number of piperazine rings is 1. The van der Waals surface area contributed by atoms with Gasteiger partial charge >= 0.3 is 6.36 Å². The Bertz CT molecular complexity index is 857. The Labute approximate surface area is 173 Å². The number of rotatable bonds is 6. The summed E-state index contributed by atoms with van der Waals surface area (Å²) in [6, 6.07) is 13.3. The lowest BCUT2D eigenvalue weighted by molar-refractivity contribution is -0.274. The SMILES string of the molecule is COc1ccc(CN2CCN(C(=O)/C=C/c3ccc(OC(F)(F)F)cc3)CC2)cc1. The summed E-state index contributed by atoms with van der Waals surface area (Å²) in [6.07, 6.45) is -1.69. The van der Waals surface area contributed by atoms with Crippen molar-refractivity contribution in [2.75, 3.05) is 33.3 Å². The van der Waals surface area contributed by atoms with E-state index in [0.717, 1.165) is 25.4 Å². The van der Waals surface area contributed by atoms with E-state index in [-0.39, 0.29) is 11.7 Å². The van der Waals surface area contributed by atoms with Crippen LogP contribution in [0.15, 0.2) is 54.6 Å². The molecule has 0 atom stereocenters. The second-order valence-electron chi connectivity index (χ2n) is 6.90. The Hall–Kier alpha value is -3.00. The molecule has 0 saturated carbocycles. The monoisotopic (exact) mass is 420 g/mol. The van der Waals surface area contributed by atoms with Gasteiger partial charge in [0.15, 0.2) is 0 Å². The number of hydrogen-bond donors (Lipinski definition) is 0. The summed E-state index contributed by atoms with van der Waals surface area (Å²) in [6.45, 7) is 3.60. The van der Waals surface area contributed by atoms with Crippen molar-refractivity contribution in [3.05, 3.63) is 65.7 Å². The molecule has 1 amide bonds. The summed E-state index contributed by atoms with van der Waals surface area (Å²) < 4.78 is 45.6. The van der Waals surface area contributed by atoms with Gasteiger partial charge in [-0.15, -0.1) is 13.2 Å². The van der Waals surface area contributed by atoms with Crippen molar-refractivity contribution in [2.24, 2.45) is 0 Å². The number of ether oxygens (including phenoxy) is 2. The van der Waals surface area contributed by atoms with E-state index in [0.29, 0.717) is 18.7 Å². The predicted molar refractivity (Wildman–Crippen MR) is 107 cm³/mol. The van der Waals surface area contributed by atoms with E-state index in [9.17, 15) is 18.0 Å². The van der Waals surface area contributed by atoms with Crippen molar-refractivity contribution in [3.63, 3.8) is 0 Å². The maximum Gasteiger partial charge on any atom is 0.573 e. The molecule has 2 aromatic carbocycles. The Morgan fingerprint density at radius 2 is 1.57 bits per heavy atom. The van der Waals surface area contributed by atoms with Crippen molar-refractivity contribution in [3.8, 4) is 11.5 Å². The molecule has 0 bridgehead atoms. The fourth-order valence-corrected chi connectivity index (χ4v) is 3.17. The molecule has 3 rings (SSSR count). The van der Waals surface area contributed by atoms with Crippen LogP contribution in [0.2, 0.25) is 0 Å². The summed E-state index contributed by atoms with van der Waals surface area (Å²) in [5.41, 5.74) is 1.81. The topological polar surface area (TPSA) is 42.0 Å². The van der Waals surface area contributed by atoms with Gasteiger partial charge in [-0.3, -0.25) is 9.69 Å². The zero-order valence-corrected chi connectivity index (χ0v) is 16.6. The highest BCUT2D eigenvalue weighted by atomic mass is 19.4. The van der Waals surface area contributed by atoms with Gasteiger partial charge in [-0.05, 0) is 41.5 Å². The lowest BCUT2D eigenvalue weighted by Crippen LogP contribution is -2.47. The number of carbonyl (C=O) groups is 1. The van der Waals surface area contributed by atoms with Crippen molar-refractivity contribution in [2.45, 2.75) is 12.9 Å². The Balaban J connectivity index is 1.46. The Morgan fingerprint density at radius 3 is 2.13 bits per heavy atom. The minimum absolute atomic E-state index is 0.116. The number of amides is 1. The van der Waals surface area contributed by atoms with E-state index in [2.05, 4.69) is 9.64 Å². The van der Waals surface area contributed by atoms with Crippen LogP contribution in [0.1, 0.15) is 11.1 Å². The number of halogens is 3. The van der Waals surface area contributed by atoms with Crippen LogP contribution >= 0.6 is 0 Å². The second kappa shape index (κ2) is 9.67. The van der Waals surface area contributed by atoms with Crippen molar-refractivity contribution in [1.82, 2.24) is 9.80 Å². The zero-order valence-electron chi connectivity index (χ0n) is 16.6. The Morgan fingerprint density at radius 1 is 0.967 bits per heavy atom. The number of alkyl halides is 3. The molecule has 0 spiro atoms. The average Bonchev–Trinajstić information content (AvgIpc) is 2.73. The van der Waals surface area contributed by atoms with Gasteiger partial charge in [0.1, 0.15) is 11.5 Å². The van der Waals surface area contributed by atoms with Gasteiger partial charge < -0.3 is 14.4 Å². The van der Waals surface area contributed by atoms with Gasteiger partial charge in [-0.2, -0.15) is 0 Å². The number of carbonyl (C=O) groups excluding carboxylic acids is 1. The van der Waals surface area contributed by atoms with E-state index >= 15 is 0 Å². The smallest absolute Gasteiger partial charge is 0.497 e. The molecule has 8 heteroatoms. The summed E-state index contributed by atoms with van der Waals surface area (Å²) in [4.78, 5) is 16.4. The van der Waals surface area contributed by atoms with Crippen LogP contribution in [0.5, 0.6) is 11.5 Å². The summed E-state index contributed by atoms with van der Waals surface area (Å²) in [5.74, 6) is 0.414. The van der Waals surface area contributed by atoms with Crippen LogP contribution in [-0.4, -0.2) is 55.4 Å². The molecule has 160 valence electrons. The Kier molecular flexibility index (Phi) is 6.99. The second-order valence-corrected chi connectivity index (χ2v) is 6.90. The molecule has 30 heavy (non-hydrogen) atoms. The molecule has 0 aromatic heterocycles. The van der Waals surface area contributed by atoms with Crippen molar-refractivity contribution < 1.29 is 27.4 Å². The molecule has 1 aliphatic heterocycles. The number of methoxy groups -OCH3 is 1. The molecule has 1 heterocycles. The average molecular weight is 420 g/mol. The summed E-state index contributed by atoms with van der Waals surface area (Å²) >= 11 is 0. The fourth-order valence-electron chi connectivity index (χ4n) is 3.17. The van der Waals surface area contributed by atoms with Crippen LogP contribution in [0.3, 0.4) is 0 Å². The van der Waals surface area contributed by atoms with E-state index in [1.807, 2.05) is 24.3 Å². The zero-order chi connectivity index (χ0) is 21.6. The lowest BCUT2D eigenvalue weighted by atomic mass is 10.2. The number of benzene rings is 2. The maximum absolute atomic E-state index is 12.4. The van der Waals surface area contributed by atoms with Crippen LogP contribution in [-0.2, 0) is 11.3 Å². The first-order valence-corrected chi connectivity index (χ1v) is 9.50. The highest BCUT2D eigenvalue weighted by Gasteiger charge is 2.30. The van der Waals surface area contributed by atoms with E-state index < -0.39 is 6.36 Å². The minimum atomic E-state index is -4.72. The number of hydrogen-bond acceptors (Lipinski definition) is 4. The van der Waals surface area contributed by atoms with Crippen molar-refractivity contribution in [1.29, 1.82) is 0 Å². The molecular formula is C22H23F3N2O3. The minimum Gasteiger partial charge on any atom is -0.497 e. The molecule has 0 N–H and O–H groups in total. The third kappa shape index (κ3) is 6.52. The van der Waals surface area contributed by atoms with Gasteiger partial charge in [0.2, 0.25) is 5.91 Å².